The van der Waals surface area contributed by atoms with Crippen molar-refractivity contribution in [3.63, 3.8) is 0 Å². The Labute approximate surface area is 102 Å². The van der Waals surface area contributed by atoms with Gasteiger partial charge in [-0.2, -0.15) is 0 Å². The van der Waals surface area contributed by atoms with E-state index in [2.05, 4.69) is 15.3 Å². The van der Waals surface area contributed by atoms with Gasteiger partial charge in [-0.05, 0) is 6.07 Å². The van der Waals surface area contributed by atoms with Crippen molar-refractivity contribution in [2.75, 3.05) is 12.4 Å². The minimum absolute atomic E-state index is 0.545. The molecular weight excluding hydrogens is 238 g/mol. The number of nitrogens with one attached hydrogen (secondary N) is 1. The van der Waals surface area contributed by atoms with Crippen molar-refractivity contribution < 1.29 is 9.53 Å². The van der Waals surface area contributed by atoms with Crippen molar-refractivity contribution in [2.24, 2.45) is 0 Å². The fourth-order valence-corrected chi connectivity index (χ4v) is 1.89. The molecule has 88 valence electrons. The summed E-state index contributed by atoms with van der Waals surface area (Å²) in [6, 6.07) is 5.56. The van der Waals surface area contributed by atoms with Crippen LogP contribution in [0.1, 0.15) is 15.4 Å². The van der Waals surface area contributed by atoms with Gasteiger partial charge in [0.15, 0.2) is 11.4 Å². The van der Waals surface area contributed by atoms with Gasteiger partial charge in [-0.25, -0.2) is 9.97 Å². The maximum atomic E-state index is 10.5. The average molecular weight is 249 g/mol. The standard InChI is InChI=1S/C11H11N3O2S/c1-16-10-4-2-3-8(14-10)5-12-11-13-6-9(7-15)17-11/h2-4,6-7H,5H2,1H3,(H,12,13). The predicted octanol–water partition coefficient (Wildman–Crippen LogP) is 1.97. The van der Waals surface area contributed by atoms with Crippen LogP contribution in [0, 0.1) is 0 Å². The number of carbonyl (C=O) groups excluding carboxylic acids is 1. The molecule has 1 N–H and O–H groups in total. The number of ether oxygens (including phenoxy) is 1. The van der Waals surface area contributed by atoms with E-state index in [0.717, 1.165) is 12.0 Å². The molecule has 5 nitrogen and oxygen atoms in total. The van der Waals surface area contributed by atoms with Crippen LogP contribution >= 0.6 is 11.3 Å². The van der Waals surface area contributed by atoms with Crippen LogP contribution in [0.2, 0.25) is 0 Å². The van der Waals surface area contributed by atoms with Crippen LogP contribution in [-0.4, -0.2) is 23.4 Å². The minimum Gasteiger partial charge on any atom is -0.481 e. The first-order valence-corrected chi connectivity index (χ1v) is 5.78. The minimum atomic E-state index is 0.545. The Hall–Kier alpha value is -1.95. The number of carbonyl (C=O) groups is 1. The van der Waals surface area contributed by atoms with Crippen LogP contribution in [0.3, 0.4) is 0 Å². The van der Waals surface area contributed by atoms with Crippen molar-refractivity contribution in [3.8, 4) is 5.88 Å². The van der Waals surface area contributed by atoms with Crippen LogP contribution in [0.25, 0.3) is 0 Å². The summed E-state index contributed by atoms with van der Waals surface area (Å²) in [4.78, 5) is 19.4. The van der Waals surface area contributed by atoms with E-state index >= 15 is 0 Å². The van der Waals surface area contributed by atoms with Gasteiger partial charge in [0, 0.05) is 6.07 Å². The van der Waals surface area contributed by atoms with E-state index in [1.807, 2.05) is 12.1 Å². The molecule has 0 saturated carbocycles. The SMILES string of the molecule is COc1cccc(CNc2ncc(C=O)s2)n1. The van der Waals surface area contributed by atoms with Crippen LogP contribution in [0.4, 0.5) is 5.13 Å². The molecule has 0 saturated heterocycles. The highest BCUT2D eigenvalue weighted by atomic mass is 32.1. The van der Waals surface area contributed by atoms with E-state index in [4.69, 9.17) is 4.74 Å². The first-order chi connectivity index (χ1) is 8.31. The van der Waals surface area contributed by atoms with Gasteiger partial charge in [-0.1, -0.05) is 17.4 Å². The van der Waals surface area contributed by atoms with E-state index in [1.54, 1.807) is 19.4 Å². The number of hydrogen-bond donors (Lipinski definition) is 1. The Morgan fingerprint density at radius 3 is 3.12 bits per heavy atom. The van der Waals surface area contributed by atoms with Crippen LogP contribution in [0.5, 0.6) is 5.88 Å². The molecule has 0 radical (unpaired) electrons. The molecule has 2 rings (SSSR count). The molecule has 6 heteroatoms. The number of rotatable bonds is 5. The molecule has 0 amide bonds. The fraction of sp³-hybridized carbons (Fsp3) is 0.182. The van der Waals surface area contributed by atoms with E-state index in [1.165, 1.54) is 11.3 Å². The Kier molecular flexibility index (Phi) is 3.66. The highest BCUT2D eigenvalue weighted by molar-refractivity contribution is 7.17. The monoisotopic (exact) mass is 249 g/mol. The summed E-state index contributed by atoms with van der Waals surface area (Å²) >= 11 is 1.31. The number of aromatic nitrogens is 2. The van der Waals surface area contributed by atoms with Crippen LogP contribution in [-0.2, 0) is 6.54 Å². The number of pyridine rings is 1. The molecule has 17 heavy (non-hydrogen) atoms. The Bertz CT molecular complexity index is 513. The summed E-state index contributed by atoms with van der Waals surface area (Å²) in [6.07, 6.45) is 2.33. The largest absolute Gasteiger partial charge is 0.481 e. The van der Waals surface area contributed by atoms with Gasteiger partial charge in [-0.3, -0.25) is 4.79 Å². The zero-order chi connectivity index (χ0) is 12.1. The van der Waals surface area contributed by atoms with Gasteiger partial charge in [-0.15, -0.1) is 0 Å². The molecule has 2 heterocycles. The second-order valence-corrected chi connectivity index (χ2v) is 4.27. The lowest BCUT2D eigenvalue weighted by Gasteiger charge is -2.03. The number of hydrogen-bond acceptors (Lipinski definition) is 6. The highest BCUT2D eigenvalue weighted by Gasteiger charge is 2.02. The van der Waals surface area contributed by atoms with Gasteiger partial charge >= 0.3 is 0 Å². The Balaban J connectivity index is 1.99. The lowest BCUT2D eigenvalue weighted by Crippen LogP contribution is -2.01. The average Bonchev–Trinajstić information content (AvgIpc) is 2.84. The molecule has 0 atom stereocenters. The van der Waals surface area contributed by atoms with Gasteiger partial charge in [0.2, 0.25) is 5.88 Å². The van der Waals surface area contributed by atoms with E-state index in [-0.39, 0.29) is 0 Å². The molecule has 2 aromatic heterocycles. The lowest BCUT2D eigenvalue weighted by molar-refractivity contribution is 0.112. The van der Waals surface area contributed by atoms with Gasteiger partial charge in [0.25, 0.3) is 0 Å². The summed E-state index contributed by atoms with van der Waals surface area (Å²) < 4.78 is 5.03. The molecule has 0 bridgehead atoms. The second kappa shape index (κ2) is 5.40. The fourth-order valence-electron chi connectivity index (χ4n) is 1.26. The molecular formula is C11H11N3O2S. The third-order valence-corrected chi connectivity index (χ3v) is 2.93. The molecule has 0 unspecified atom stereocenters. The zero-order valence-corrected chi connectivity index (χ0v) is 10.0. The Morgan fingerprint density at radius 2 is 2.41 bits per heavy atom. The van der Waals surface area contributed by atoms with E-state index < -0.39 is 0 Å². The summed E-state index contributed by atoms with van der Waals surface area (Å²) in [5, 5.41) is 3.80. The predicted molar refractivity (Wildman–Crippen MR) is 65.6 cm³/mol. The third kappa shape index (κ3) is 3.01. The number of methoxy groups -OCH3 is 1. The summed E-state index contributed by atoms with van der Waals surface area (Å²) in [7, 11) is 1.58. The van der Waals surface area contributed by atoms with Gasteiger partial charge in [0.1, 0.15) is 0 Å². The molecule has 0 spiro atoms. The molecule has 0 aliphatic heterocycles. The number of anilines is 1. The van der Waals surface area contributed by atoms with Crippen LogP contribution in [0.15, 0.2) is 24.4 Å². The van der Waals surface area contributed by atoms with E-state index in [9.17, 15) is 4.79 Å². The van der Waals surface area contributed by atoms with Crippen molar-refractivity contribution in [3.05, 3.63) is 35.0 Å². The molecule has 2 aromatic rings. The second-order valence-electron chi connectivity index (χ2n) is 3.21. The smallest absolute Gasteiger partial charge is 0.213 e. The normalized spacial score (nSPS) is 9.94. The molecule has 0 fully saturated rings. The maximum absolute atomic E-state index is 10.5. The van der Waals surface area contributed by atoms with Gasteiger partial charge < -0.3 is 10.1 Å². The number of thiazole rings is 1. The topological polar surface area (TPSA) is 64.1 Å². The van der Waals surface area contributed by atoms with Crippen molar-refractivity contribution >= 4 is 22.8 Å². The lowest BCUT2D eigenvalue weighted by atomic mass is 10.3. The van der Waals surface area contributed by atoms with Crippen molar-refractivity contribution in [1.29, 1.82) is 0 Å². The summed E-state index contributed by atoms with van der Waals surface area (Å²) in [6.45, 7) is 0.545. The highest BCUT2D eigenvalue weighted by Crippen LogP contribution is 2.17. The first-order valence-electron chi connectivity index (χ1n) is 4.96. The van der Waals surface area contributed by atoms with E-state index in [0.29, 0.717) is 22.4 Å². The van der Waals surface area contributed by atoms with Crippen LogP contribution < -0.4 is 10.1 Å². The zero-order valence-electron chi connectivity index (χ0n) is 9.21. The number of aldehydes is 1. The van der Waals surface area contributed by atoms with Crippen molar-refractivity contribution in [1.82, 2.24) is 9.97 Å². The first kappa shape index (κ1) is 11.5. The number of nitrogens with zero attached hydrogens (tertiary/aromatic N) is 2. The third-order valence-electron chi connectivity index (χ3n) is 2.05. The summed E-state index contributed by atoms with van der Waals surface area (Å²) in [5.41, 5.74) is 0.854. The molecule has 0 aliphatic rings. The quantitative estimate of drug-likeness (QED) is 0.821. The summed E-state index contributed by atoms with van der Waals surface area (Å²) in [5.74, 6) is 0.581. The molecule has 0 aromatic carbocycles. The maximum Gasteiger partial charge on any atom is 0.213 e. The van der Waals surface area contributed by atoms with Gasteiger partial charge in [0.05, 0.1) is 30.4 Å². The van der Waals surface area contributed by atoms with Crippen molar-refractivity contribution in [2.45, 2.75) is 6.54 Å². The molecule has 0 aliphatic carbocycles. The Morgan fingerprint density at radius 1 is 1.53 bits per heavy atom.